The molecule has 0 amide bonds. The van der Waals surface area contributed by atoms with Gasteiger partial charge in [0.2, 0.25) is 0 Å². The van der Waals surface area contributed by atoms with E-state index in [0.29, 0.717) is 0 Å². The lowest BCUT2D eigenvalue weighted by Gasteiger charge is -2.30. The molecule has 0 spiro atoms. The van der Waals surface area contributed by atoms with Crippen LogP contribution in [0.5, 0.6) is 0 Å². The summed E-state index contributed by atoms with van der Waals surface area (Å²) in [5, 5.41) is 3.44. The first-order valence-electron chi connectivity index (χ1n) is 5.06. The quantitative estimate of drug-likeness (QED) is 0.694. The van der Waals surface area contributed by atoms with E-state index in [2.05, 4.69) is 25.1 Å². The largest absolute Gasteiger partial charge is 0.303 e. The minimum Gasteiger partial charge on any atom is -0.303 e. The maximum absolute atomic E-state index is 5.55. The van der Waals surface area contributed by atoms with Gasteiger partial charge in [-0.05, 0) is 38.5 Å². The van der Waals surface area contributed by atoms with Gasteiger partial charge in [0.05, 0.1) is 6.04 Å². The van der Waals surface area contributed by atoms with Gasteiger partial charge in [-0.3, -0.25) is 0 Å². The lowest BCUT2D eigenvalue weighted by molar-refractivity contribution is 0.471. The molecule has 0 aliphatic carbocycles. The first kappa shape index (κ1) is 10.9. The molecule has 1 nitrogen and oxygen atoms in total. The van der Waals surface area contributed by atoms with E-state index in [1.165, 1.54) is 18.6 Å². The predicted octanol–water partition coefficient (Wildman–Crippen LogP) is 2.27. The van der Waals surface area contributed by atoms with Crippen molar-refractivity contribution in [3.05, 3.63) is 0 Å². The molecule has 74 valence electrons. The Hall–Kier alpha value is -0.130. The van der Waals surface area contributed by atoms with E-state index >= 15 is 0 Å². The van der Waals surface area contributed by atoms with E-state index in [4.69, 9.17) is 6.42 Å². The Balaban J connectivity index is 2.50. The molecule has 0 radical (unpaired) electrons. The van der Waals surface area contributed by atoms with Crippen molar-refractivity contribution in [2.75, 3.05) is 12.3 Å². The molecular formula is C11H19NS. The average Bonchev–Trinajstić information content (AvgIpc) is 2.54. The summed E-state index contributed by atoms with van der Waals surface area (Å²) in [6.45, 7) is 5.49. The maximum Gasteiger partial charge on any atom is 0.0833 e. The Kier molecular flexibility index (Phi) is 4.15. The van der Waals surface area contributed by atoms with E-state index in [1.54, 1.807) is 0 Å². The van der Waals surface area contributed by atoms with Gasteiger partial charge in [-0.1, -0.05) is 12.8 Å². The molecule has 2 unspecified atom stereocenters. The molecule has 1 saturated heterocycles. The summed E-state index contributed by atoms with van der Waals surface area (Å²) in [5.41, 5.74) is 0. The number of nitrogens with one attached hydrogen (secondary N) is 1. The highest BCUT2D eigenvalue weighted by molar-refractivity contribution is 8.00. The normalized spacial score (nSPS) is 29.9. The zero-order valence-electron chi connectivity index (χ0n) is 8.60. The number of thioether (sulfide) groups is 1. The smallest absolute Gasteiger partial charge is 0.0833 e. The SMILES string of the molecule is C#CC(NCCC)C1(C)CCCS1. The monoisotopic (exact) mass is 197 g/mol. The molecule has 2 atom stereocenters. The van der Waals surface area contributed by atoms with Crippen molar-refractivity contribution < 1.29 is 0 Å². The molecule has 13 heavy (non-hydrogen) atoms. The molecule has 0 saturated carbocycles. The summed E-state index contributed by atoms with van der Waals surface area (Å²) < 4.78 is 0.282. The number of hydrogen-bond acceptors (Lipinski definition) is 2. The summed E-state index contributed by atoms with van der Waals surface area (Å²) in [7, 11) is 0. The minimum absolute atomic E-state index is 0.250. The molecule has 0 aromatic carbocycles. The standard InChI is InChI=1S/C11H19NS/c1-4-8-12-10(5-2)11(3)7-6-9-13-11/h2,10,12H,4,6-9H2,1,3H3. The van der Waals surface area contributed by atoms with E-state index in [1.807, 2.05) is 11.8 Å². The van der Waals surface area contributed by atoms with E-state index in [0.717, 1.165) is 13.0 Å². The van der Waals surface area contributed by atoms with Crippen molar-refractivity contribution >= 4 is 11.8 Å². The highest BCUT2D eigenvalue weighted by Gasteiger charge is 2.36. The first-order chi connectivity index (χ1) is 6.23. The second-order valence-electron chi connectivity index (χ2n) is 3.82. The molecule has 0 aromatic rings. The van der Waals surface area contributed by atoms with Crippen molar-refractivity contribution in [1.29, 1.82) is 0 Å². The molecule has 1 heterocycles. The zero-order valence-corrected chi connectivity index (χ0v) is 9.41. The zero-order chi connectivity index (χ0) is 9.73. The van der Waals surface area contributed by atoms with Gasteiger partial charge in [0.1, 0.15) is 0 Å². The Morgan fingerprint density at radius 2 is 2.46 bits per heavy atom. The van der Waals surface area contributed by atoms with Crippen LogP contribution in [-0.2, 0) is 0 Å². The highest BCUT2D eigenvalue weighted by atomic mass is 32.2. The van der Waals surface area contributed by atoms with Crippen molar-refractivity contribution in [2.24, 2.45) is 0 Å². The number of hydrogen-bond donors (Lipinski definition) is 1. The fourth-order valence-corrected chi connectivity index (χ4v) is 3.13. The molecule has 1 N–H and O–H groups in total. The minimum atomic E-state index is 0.250. The number of terminal acetylenes is 1. The number of rotatable bonds is 4. The summed E-state index contributed by atoms with van der Waals surface area (Å²) in [5.74, 6) is 4.15. The summed E-state index contributed by atoms with van der Waals surface area (Å²) in [4.78, 5) is 0. The van der Waals surface area contributed by atoms with Crippen LogP contribution < -0.4 is 5.32 Å². The van der Waals surface area contributed by atoms with Crippen molar-refractivity contribution in [3.8, 4) is 12.3 Å². The van der Waals surface area contributed by atoms with Gasteiger partial charge in [-0.2, -0.15) is 11.8 Å². The van der Waals surface area contributed by atoms with Crippen LogP contribution in [-0.4, -0.2) is 23.1 Å². The average molecular weight is 197 g/mol. The highest BCUT2D eigenvalue weighted by Crippen LogP contribution is 2.40. The van der Waals surface area contributed by atoms with Crippen LogP contribution >= 0.6 is 11.8 Å². The third-order valence-corrected chi connectivity index (χ3v) is 4.22. The van der Waals surface area contributed by atoms with E-state index in [9.17, 15) is 0 Å². The molecule has 1 rings (SSSR count). The van der Waals surface area contributed by atoms with Crippen LogP contribution in [0.25, 0.3) is 0 Å². The van der Waals surface area contributed by atoms with Gasteiger partial charge < -0.3 is 5.32 Å². The predicted molar refractivity (Wildman–Crippen MR) is 61.0 cm³/mol. The fourth-order valence-electron chi connectivity index (χ4n) is 1.77. The molecule has 1 aliphatic heterocycles. The van der Waals surface area contributed by atoms with Gasteiger partial charge >= 0.3 is 0 Å². The van der Waals surface area contributed by atoms with Crippen LogP contribution in [0.4, 0.5) is 0 Å². The first-order valence-corrected chi connectivity index (χ1v) is 6.05. The summed E-state index contributed by atoms with van der Waals surface area (Å²) >= 11 is 2.02. The maximum atomic E-state index is 5.55. The summed E-state index contributed by atoms with van der Waals surface area (Å²) in [6.07, 6.45) is 9.27. The second kappa shape index (κ2) is 4.93. The lowest BCUT2D eigenvalue weighted by atomic mass is 9.96. The molecule has 0 bridgehead atoms. The van der Waals surface area contributed by atoms with Gasteiger partial charge in [0, 0.05) is 4.75 Å². The van der Waals surface area contributed by atoms with Crippen LogP contribution in [0.1, 0.15) is 33.1 Å². The van der Waals surface area contributed by atoms with Gasteiger partial charge in [0.25, 0.3) is 0 Å². The Morgan fingerprint density at radius 1 is 1.69 bits per heavy atom. The molecular weight excluding hydrogens is 178 g/mol. The Morgan fingerprint density at radius 3 is 2.92 bits per heavy atom. The van der Waals surface area contributed by atoms with E-state index in [-0.39, 0.29) is 10.8 Å². The van der Waals surface area contributed by atoms with Gasteiger partial charge in [0.15, 0.2) is 0 Å². The van der Waals surface area contributed by atoms with Gasteiger partial charge in [-0.25, -0.2) is 0 Å². The van der Waals surface area contributed by atoms with Gasteiger partial charge in [-0.15, -0.1) is 6.42 Å². The third kappa shape index (κ3) is 2.65. The van der Waals surface area contributed by atoms with Crippen LogP contribution in [0, 0.1) is 12.3 Å². The molecule has 1 fully saturated rings. The van der Waals surface area contributed by atoms with Crippen molar-refractivity contribution in [1.82, 2.24) is 5.32 Å². The lowest BCUT2D eigenvalue weighted by Crippen LogP contribution is -2.44. The van der Waals surface area contributed by atoms with Crippen LogP contribution in [0.3, 0.4) is 0 Å². The van der Waals surface area contributed by atoms with Crippen LogP contribution in [0.2, 0.25) is 0 Å². The third-order valence-electron chi connectivity index (χ3n) is 2.63. The van der Waals surface area contributed by atoms with E-state index < -0.39 is 0 Å². The van der Waals surface area contributed by atoms with Crippen LogP contribution in [0.15, 0.2) is 0 Å². The Labute approximate surface area is 86.1 Å². The van der Waals surface area contributed by atoms with Crippen molar-refractivity contribution in [3.63, 3.8) is 0 Å². The molecule has 1 aliphatic rings. The Bertz CT molecular complexity index is 189. The van der Waals surface area contributed by atoms with Crippen molar-refractivity contribution in [2.45, 2.75) is 43.9 Å². The molecule has 0 aromatic heterocycles. The summed E-state index contributed by atoms with van der Waals surface area (Å²) in [6, 6.07) is 0.250. The molecule has 2 heteroatoms. The topological polar surface area (TPSA) is 12.0 Å². The fraction of sp³-hybridized carbons (Fsp3) is 0.818. The second-order valence-corrected chi connectivity index (χ2v) is 5.45.